The molecule has 0 aromatic carbocycles. The van der Waals surface area contributed by atoms with E-state index in [4.69, 9.17) is 9.15 Å². The van der Waals surface area contributed by atoms with Gasteiger partial charge in [0.1, 0.15) is 10.6 Å². The van der Waals surface area contributed by atoms with E-state index in [2.05, 4.69) is 14.9 Å². The maximum atomic E-state index is 11.1. The molecule has 2 heterocycles. The van der Waals surface area contributed by atoms with Crippen molar-refractivity contribution in [3.8, 4) is 16.5 Å². The standard InChI is InChI=1S/C9H8N2O4S/c1-13-5-3-4-16-6(5)7-10-11-8(15-7)9(12)14-2/h3-4H,1-2H3. The smallest absolute Gasteiger partial charge is 0.396 e. The molecule has 0 fully saturated rings. The van der Waals surface area contributed by atoms with Crippen molar-refractivity contribution in [1.82, 2.24) is 10.2 Å². The van der Waals surface area contributed by atoms with Gasteiger partial charge in [-0.05, 0) is 11.4 Å². The first-order valence-corrected chi connectivity index (χ1v) is 5.18. The summed E-state index contributed by atoms with van der Waals surface area (Å²) < 4.78 is 14.7. The molecule has 84 valence electrons. The minimum atomic E-state index is -0.658. The Kier molecular flexibility index (Phi) is 2.86. The van der Waals surface area contributed by atoms with E-state index in [0.717, 1.165) is 0 Å². The molecule has 7 heteroatoms. The fraction of sp³-hybridized carbons (Fsp3) is 0.222. The number of methoxy groups -OCH3 is 2. The zero-order chi connectivity index (χ0) is 11.5. The average Bonchev–Trinajstić information content (AvgIpc) is 2.95. The van der Waals surface area contributed by atoms with E-state index in [1.54, 1.807) is 13.2 Å². The molecule has 2 aromatic rings. The maximum Gasteiger partial charge on any atom is 0.396 e. The van der Waals surface area contributed by atoms with Gasteiger partial charge in [0.2, 0.25) is 0 Å². The molecule has 6 nitrogen and oxygen atoms in total. The number of ether oxygens (including phenoxy) is 2. The summed E-state index contributed by atoms with van der Waals surface area (Å²) in [4.78, 5) is 11.8. The summed E-state index contributed by atoms with van der Waals surface area (Å²) in [5.74, 6) is 0.0412. The van der Waals surface area contributed by atoms with Crippen LogP contribution in [-0.4, -0.2) is 30.4 Å². The molecule has 0 N–H and O–H groups in total. The highest BCUT2D eigenvalue weighted by Gasteiger charge is 2.19. The van der Waals surface area contributed by atoms with Gasteiger partial charge in [0.25, 0.3) is 5.89 Å². The van der Waals surface area contributed by atoms with E-state index in [1.165, 1.54) is 18.4 Å². The van der Waals surface area contributed by atoms with Crippen LogP contribution in [0.1, 0.15) is 10.7 Å². The summed E-state index contributed by atoms with van der Waals surface area (Å²) in [5, 5.41) is 9.16. The van der Waals surface area contributed by atoms with Crippen molar-refractivity contribution in [3.05, 3.63) is 17.3 Å². The lowest BCUT2D eigenvalue weighted by Gasteiger charge is -1.96. The molecule has 0 bridgehead atoms. The van der Waals surface area contributed by atoms with Gasteiger partial charge in [-0.2, -0.15) is 0 Å². The Bertz CT molecular complexity index is 505. The van der Waals surface area contributed by atoms with E-state index in [1.807, 2.05) is 5.38 Å². The van der Waals surface area contributed by atoms with Crippen LogP contribution in [-0.2, 0) is 4.74 Å². The lowest BCUT2D eigenvalue weighted by Crippen LogP contribution is -2.00. The molecular formula is C9H8N2O4S. The molecule has 2 rings (SSSR count). The third kappa shape index (κ3) is 1.76. The predicted octanol–water partition coefficient (Wildman–Crippen LogP) is 1.59. The average molecular weight is 240 g/mol. The number of hydrogen-bond donors (Lipinski definition) is 0. The molecule has 0 aliphatic heterocycles. The van der Waals surface area contributed by atoms with Gasteiger partial charge in [-0.15, -0.1) is 21.5 Å². The molecule has 0 saturated heterocycles. The highest BCUT2D eigenvalue weighted by atomic mass is 32.1. The molecule has 0 aliphatic rings. The van der Waals surface area contributed by atoms with Crippen molar-refractivity contribution < 1.29 is 18.7 Å². The van der Waals surface area contributed by atoms with Gasteiger partial charge >= 0.3 is 11.9 Å². The van der Waals surface area contributed by atoms with Gasteiger partial charge in [0, 0.05) is 0 Å². The summed E-state index contributed by atoms with van der Waals surface area (Å²) in [5.41, 5.74) is 0. The minimum absolute atomic E-state index is 0.173. The van der Waals surface area contributed by atoms with E-state index in [-0.39, 0.29) is 11.8 Å². The Morgan fingerprint density at radius 2 is 2.25 bits per heavy atom. The van der Waals surface area contributed by atoms with Crippen LogP contribution in [0.5, 0.6) is 5.75 Å². The zero-order valence-corrected chi connectivity index (χ0v) is 9.41. The maximum absolute atomic E-state index is 11.1. The lowest BCUT2D eigenvalue weighted by atomic mass is 10.4. The number of carbonyl (C=O) groups is 1. The number of carbonyl (C=O) groups excluding carboxylic acids is 1. The van der Waals surface area contributed by atoms with Gasteiger partial charge in [-0.3, -0.25) is 0 Å². The highest BCUT2D eigenvalue weighted by molar-refractivity contribution is 7.13. The van der Waals surface area contributed by atoms with Crippen LogP contribution in [0, 0.1) is 0 Å². The van der Waals surface area contributed by atoms with Gasteiger partial charge in [0.05, 0.1) is 14.2 Å². The third-order valence-electron chi connectivity index (χ3n) is 1.83. The molecule has 0 radical (unpaired) electrons. The van der Waals surface area contributed by atoms with Crippen molar-refractivity contribution in [1.29, 1.82) is 0 Å². The van der Waals surface area contributed by atoms with E-state index >= 15 is 0 Å². The Hall–Kier alpha value is -1.89. The number of rotatable bonds is 3. The van der Waals surface area contributed by atoms with E-state index < -0.39 is 5.97 Å². The summed E-state index contributed by atoms with van der Waals surface area (Å²) >= 11 is 1.39. The van der Waals surface area contributed by atoms with Gasteiger partial charge < -0.3 is 13.9 Å². The summed E-state index contributed by atoms with van der Waals surface area (Å²) in [6, 6.07) is 1.78. The molecular weight excluding hydrogens is 232 g/mol. The number of thiophene rings is 1. The first kappa shape index (κ1) is 10.6. The van der Waals surface area contributed by atoms with Crippen molar-refractivity contribution in [3.63, 3.8) is 0 Å². The molecule has 0 spiro atoms. The van der Waals surface area contributed by atoms with E-state index in [0.29, 0.717) is 10.6 Å². The first-order valence-electron chi connectivity index (χ1n) is 4.30. The van der Waals surface area contributed by atoms with Gasteiger partial charge in [0.15, 0.2) is 0 Å². The Labute approximate surface area is 94.8 Å². The Morgan fingerprint density at radius 1 is 1.44 bits per heavy atom. The second-order valence-corrected chi connectivity index (χ2v) is 3.64. The van der Waals surface area contributed by atoms with Crippen LogP contribution in [0.2, 0.25) is 0 Å². The normalized spacial score (nSPS) is 10.1. The van der Waals surface area contributed by atoms with Crippen molar-refractivity contribution in [2.24, 2.45) is 0 Å². The van der Waals surface area contributed by atoms with Gasteiger partial charge in [-0.25, -0.2) is 4.79 Å². The minimum Gasteiger partial charge on any atom is -0.495 e. The van der Waals surface area contributed by atoms with Crippen molar-refractivity contribution in [2.75, 3.05) is 14.2 Å². The summed E-state index contributed by atoms with van der Waals surface area (Å²) in [6.07, 6.45) is 0. The topological polar surface area (TPSA) is 74.5 Å². The zero-order valence-electron chi connectivity index (χ0n) is 8.59. The molecule has 0 amide bonds. The van der Waals surface area contributed by atoms with Crippen molar-refractivity contribution >= 4 is 17.3 Å². The molecule has 0 saturated carbocycles. The first-order chi connectivity index (χ1) is 7.76. The third-order valence-corrected chi connectivity index (χ3v) is 2.71. The fourth-order valence-electron chi connectivity index (χ4n) is 1.10. The second-order valence-electron chi connectivity index (χ2n) is 2.72. The number of esters is 1. The summed E-state index contributed by atoms with van der Waals surface area (Å²) in [6.45, 7) is 0. The summed E-state index contributed by atoms with van der Waals surface area (Å²) in [7, 11) is 2.79. The quantitative estimate of drug-likeness (QED) is 0.758. The lowest BCUT2D eigenvalue weighted by molar-refractivity contribution is 0.0556. The SMILES string of the molecule is COC(=O)c1nnc(-c2sccc2OC)o1. The van der Waals surface area contributed by atoms with Gasteiger partial charge in [-0.1, -0.05) is 0 Å². The molecule has 16 heavy (non-hydrogen) atoms. The number of nitrogens with zero attached hydrogens (tertiary/aromatic N) is 2. The molecule has 0 atom stereocenters. The van der Waals surface area contributed by atoms with Crippen LogP contribution in [0.3, 0.4) is 0 Å². The van der Waals surface area contributed by atoms with Crippen molar-refractivity contribution in [2.45, 2.75) is 0 Å². The fourth-order valence-corrected chi connectivity index (χ4v) is 1.88. The van der Waals surface area contributed by atoms with Crippen LogP contribution in [0.15, 0.2) is 15.9 Å². The number of hydrogen-bond acceptors (Lipinski definition) is 7. The monoisotopic (exact) mass is 240 g/mol. The Morgan fingerprint density at radius 3 is 2.94 bits per heavy atom. The number of aromatic nitrogens is 2. The molecule has 0 unspecified atom stereocenters. The van der Waals surface area contributed by atoms with E-state index in [9.17, 15) is 4.79 Å². The van der Waals surface area contributed by atoms with Crippen LogP contribution in [0.4, 0.5) is 0 Å². The Balaban J connectivity index is 2.35. The predicted molar refractivity (Wildman–Crippen MR) is 55.5 cm³/mol. The second kappa shape index (κ2) is 4.31. The largest absolute Gasteiger partial charge is 0.495 e. The van der Waals surface area contributed by atoms with Crippen LogP contribution < -0.4 is 4.74 Å². The molecule has 2 aromatic heterocycles. The van der Waals surface area contributed by atoms with Crippen LogP contribution >= 0.6 is 11.3 Å². The molecule has 0 aliphatic carbocycles. The highest BCUT2D eigenvalue weighted by Crippen LogP contribution is 2.34. The van der Waals surface area contributed by atoms with Crippen LogP contribution in [0.25, 0.3) is 10.8 Å².